The second-order valence-electron chi connectivity index (χ2n) is 3.65. The van der Waals surface area contributed by atoms with Crippen LogP contribution in [0, 0.1) is 0 Å². The number of ketones is 1. The maximum atomic E-state index is 11.1. The number of hydrogen-bond acceptors (Lipinski definition) is 3. The van der Waals surface area contributed by atoms with Crippen molar-refractivity contribution in [3.8, 4) is 0 Å². The highest BCUT2D eigenvalue weighted by atomic mass is 16.6. The van der Waals surface area contributed by atoms with Crippen LogP contribution in [-0.2, 0) is 16.2 Å². The summed E-state index contributed by atoms with van der Waals surface area (Å²) >= 11 is 0. The molecular weight excluding hydrogens is 202 g/mol. The molecule has 0 spiro atoms. The van der Waals surface area contributed by atoms with Crippen LogP contribution < -0.4 is 0 Å². The summed E-state index contributed by atoms with van der Waals surface area (Å²) in [5.41, 5.74) is 1.80. The smallest absolute Gasteiger partial charge is 0.142 e. The van der Waals surface area contributed by atoms with Crippen LogP contribution in [0.4, 0.5) is 0 Å². The van der Waals surface area contributed by atoms with Crippen LogP contribution in [0.15, 0.2) is 35.5 Å². The average Bonchev–Trinajstić information content (AvgIpc) is 2.30. The molecule has 0 bridgehead atoms. The Morgan fingerprint density at radius 3 is 2.62 bits per heavy atom. The van der Waals surface area contributed by atoms with E-state index in [1.54, 1.807) is 6.92 Å². The maximum Gasteiger partial charge on any atom is 0.142 e. The van der Waals surface area contributed by atoms with Gasteiger partial charge in [-0.25, -0.2) is 0 Å². The number of oxime groups is 1. The fourth-order valence-electron chi connectivity index (χ4n) is 1.23. The van der Waals surface area contributed by atoms with Gasteiger partial charge in [-0.05, 0) is 12.5 Å². The first-order valence-electron chi connectivity index (χ1n) is 5.43. The first-order chi connectivity index (χ1) is 7.72. The fourth-order valence-corrected chi connectivity index (χ4v) is 1.23. The Hall–Kier alpha value is -1.64. The van der Waals surface area contributed by atoms with Gasteiger partial charge in [0, 0.05) is 12.8 Å². The van der Waals surface area contributed by atoms with E-state index in [9.17, 15) is 4.79 Å². The van der Waals surface area contributed by atoms with Gasteiger partial charge < -0.3 is 4.84 Å². The molecule has 0 aliphatic heterocycles. The molecule has 0 N–H and O–H groups in total. The minimum atomic E-state index is 0.185. The van der Waals surface area contributed by atoms with Crippen molar-refractivity contribution >= 4 is 11.5 Å². The van der Waals surface area contributed by atoms with E-state index in [0.29, 0.717) is 19.4 Å². The highest BCUT2D eigenvalue weighted by Gasteiger charge is 2.01. The van der Waals surface area contributed by atoms with Crippen molar-refractivity contribution in [1.29, 1.82) is 0 Å². The number of nitrogens with zero attached hydrogens (tertiary/aromatic N) is 1. The third-order valence-electron chi connectivity index (χ3n) is 2.14. The van der Waals surface area contributed by atoms with Crippen LogP contribution in [0.3, 0.4) is 0 Å². The molecule has 0 saturated heterocycles. The Bertz CT molecular complexity index is 357. The van der Waals surface area contributed by atoms with Gasteiger partial charge in [0.2, 0.25) is 0 Å². The van der Waals surface area contributed by atoms with E-state index in [2.05, 4.69) is 5.16 Å². The SMILES string of the molecule is CCC(=O)C/C(C)=N/OCc1ccccc1. The van der Waals surface area contributed by atoms with Gasteiger partial charge in [-0.15, -0.1) is 0 Å². The molecule has 0 aromatic heterocycles. The molecule has 0 radical (unpaired) electrons. The minimum absolute atomic E-state index is 0.185. The summed E-state index contributed by atoms with van der Waals surface area (Å²) in [5, 5.41) is 3.90. The molecule has 0 heterocycles. The third-order valence-corrected chi connectivity index (χ3v) is 2.14. The van der Waals surface area contributed by atoms with E-state index >= 15 is 0 Å². The lowest BCUT2D eigenvalue weighted by molar-refractivity contribution is -0.117. The second-order valence-corrected chi connectivity index (χ2v) is 3.65. The molecule has 0 fully saturated rings. The third kappa shape index (κ3) is 4.73. The Labute approximate surface area is 96.1 Å². The molecule has 16 heavy (non-hydrogen) atoms. The van der Waals surface area contributed by atoms with Gasteiger partial charge in [-0.2, -0.15) is 0 Å². The van der Waals surface area contributed by atoms with E-state index in [1.807, 2.05) is 37.3 Å². The van der Waals surface area contributed by atoms with Crippen molar-refractivity contribution in [2.75, 3.05) is 0 Å². The van der Waals surface area contributed by atoms with Gasteiger partial charge in [-0.1, -0.05) is 42.4 Å². The zero-order valence-electron chi connectivity index (χ0n) is 9.77. The van der Waals surface area contributed by atoms with Gasteiger partial charge in [0.15, 0.2) is 0 Å². The van der Waals surface area contributed by atoms with E-state index in [4.69, 9.17) is 4.84 Å². The van der Waals surface area contributed by atoms with Crippen molar-refractivity contribution in [1.82, 2.24) is 0 Å². The predicted octanol–water partition coefficient (Wildman–Crippen LogP) is 2.95. The van der Waals surface area contributed by atoms with Crippen LogP contribution in [-0.4, -0.2) is 11.5 Å². The van der Waals surface area contributed by atoms with Gasteiger partial charge >= 0.3 is 0 Å². The molecule has 3 heteroatoms. The summed E-state index contributed by atoms with van der Waals surface area (Å²) in [6, 6.07) is 9.81. The normalized spacial score (nSPS) is 11.2. The molecule has 0 atom stereocenters. The van der Waals surface area contributed by atoms with Gasteiger partial charge in [0.25, 0.3) is 0 Å². The lowest BCUT2D eigenvalue weighted by atomic mass is 10.2. The maximum absolute atomic E-state index is 11.1. The molecule has 1 aromatic carbocycles. The molecule has 0 amide bonds. The largest absolute Gasteiger partial charge is 0.391 e. The molecule has 86 valence electrons. The first-order valence-corrected chi connectivity index (χ1v) is 5.43. The predicted molar refractivity (Wildman–Crippen MR) is 64.3 cm³/mol. The Balaban J connectivity index is 2.34. The Morgan fingerprint density at radius 1 is 1.31 bits per heavy atom. The van der Waals surface area contributed by atoms with Crippen LogP contribution in [0.25, 0.3) is 0 Å². The number of hydrogen-bond donors (Lipinski definition) is 0. The monoisotopic (exact) mass is 219 g/mol. The summed E-state index contributed by atoms with van der Waals surface area (Å²) in [6.45, 7) is 4.09. The number of carbonyl (C=O) groups excluding carboxylic acids is 1. The van der Waals surface area contributed by atoms with Crippen molar-refractivity contribution in [3.63, 3.8) is 0 Å². The molecule has 0 saturated carbocycles. The zero-order chi connectivity index (χ0) is 11.8. The van der Waals surface area contributed by atoms with Crippen molar-refractivity contribution in [2.24, 2.45) is 5.16 Å². The van der Waals surface area contributed by atoms with Crippen molar-refractivity contribution in [2.45, 2.75) is 33.3 Å². The molecule has 0 unspecified atom stereocenters. The second kappa shape index (κ2) is 6.77. The summed E-state index contributed by atoms with van der Waals surface area (Å²) in [4.78, 5) is 16.3. The van der Waals surface area contributed by atoms with E-state index in [-0.39, 0.29) is 5.78 Å². The quantitative estimate of drug-likeness (QED) is 0.545. The lowest BCUT2D eigenvalue weighted by Gasteiger charge is -2.01. The van der Waals surface area contributed by atoms with Crippen molar-refractivity contribution < 1.29 is 9.63 Å². The molecule has 3 nitrogen and oxygen atoms in total. The number of Topliss-reactive ketones (excluding diaryl/α,β-unsaturated/α-hetero) is 1. The summed E-state index contributed by atoms with van der Waals surface area (Å²) in [7, 11) is 0. The van der Waals surface area contributed by atoms with Crippen molar-refractivity contribution in [3.05, 3.63) is 35.9 Å². The Kier molecular flexibility index (Phi) is 5.26. The van der Waals surface area contributed by atoms with Crippen LogP contribution >= 0.6 is 0 Å². The number of carbonyl (C=O) groups is 1. The Morgan fingerprint density at radius 2 is 2.00 bits per heavy atom. The topological polar surface area (TPSA) is 38.7 Å². The van der Waals surface area contributed by atoms with Crippen LogP contribution in [0.1, 0.15) is 32.3 Å². The number of benzene rings is 1. The molecule has 1 rings (SSSR count). The molecule has 0 aliphatic carbocycles. The van der Waals surface area contributed by atoms with Crippen LogP contribution in [0.5, 0.6) is 0 Å². The zero-order valence-corrected chi connectivity index (χ0v) is 9.77. The minimum Gasteiger partial charge on any atom is -0.391 e. The fraction of sp³-hybridized carbons (Fsp3) is 0.385. The number of rotatable bonds is 6. The summed E-state index contributed by atoms with van der Waals surface area (Å²) in [5.74, 6) is 0.185. The summed E-state index contributed by atoms with van der Waals surface area (Å²) < 4.78 is 0. The molecule has 1 aromatic rings. The molecule has 0 aliphatic rings. The lowest BCUT2D eigenvalue weighted by Crippen LogP contribution is -2.03. The highest BCUT2D eigenvalue weighted by Crippen LogP contribution is 2.01. The van der Waals surface area contributed by atoms with E-state index in [1.165, 1.54) is 0 Å². The van der Waals surface area contributed by atoms with Gasteiger partial charge in [-0.3, -0.25) is 4.79 Å². The highest BCUT2D eigenvalue weighted by molar-refractivity contribution is 6.00. The van der Waals surface area contributed by atoms with Crippen LogP contribution in [0.2, 0.25) is 0 Å². The van der Waals surface area contributed by atoms with Gasteiger partial charge in [0.05, 0.1) is 5.71 Å². The molecular formula is C13H17NO2. The summed E-state index contributed by atoms with van der Waals surface area (Å²) in [6.07, 6.45) is 0.927. The average molecular weight is 219 g/mol. The van der Waals surface area contributed by atoms with E-state index in [0.717, 1.165) is 11.3 Å². The standard InChI is InChI=1S/C13H17NO2/c1-3-13(15)9-11(2)14-16-10-12-7-5-4-6-8-12/h4-8H,3,9-10H2,1-2H3/b14-11+. The first kappa shape index (κ1) is 12.4. The van der Waals surface area contributed by atoms with E-state index < -0.39 is 0 Å². The van der Waals surface area contributed by atoms with Gasteiger partial charge in [0.1, 0.15) is 12.4 Å².